The molecule has 0 aromatic rings. The Morgan fingerprint density at radius 1 is 1.54 bits per heavy atom. The Morgan fingerprint density at radius 3 is 2.85 bits per heavy atom. The molecule has 3 atom stereocenters. The first-order valence-electron chi connectivity index (χ1n) is 5.33. The Hall–Kier alpha value is -0.120. The second-order valence-corrected chi connectivity index (χ2v) is 3.94. The van der Waals surface area contributed by atoms with Crippen LogP contribution in [0.25, 0.3) is 0 Å². The first-order chi connectivity index (χ1) is 6.22. The molecular formula is C10H22N2O. The fraction of sp³-hybridized carbons (Fsp3) is 1.00. The summed E-state index contributed by atoms with van der Waals surface area (Å²) in [6.07, 6.45) is 3.83. The summed E-state index contributed by atoms with van der Waals surface area (Å²) in [5.74, 6) is 0. The molecular weight excluding hydrogens is 164 g/mol. The first kappa shape index (κ1) is 11.0. The van der Waals surface area contributed by atoms with Crippen LogP contribution in [0, 0.1) is 0 Å². The van der Waals surface area contributed by atoms with Gasteiger partial charge in [0.2, 0.25) is 0 Å². The third-order valence-corrected chi connectivity index (χ3v) is 2.62. The fourth-order valence-electron chi connectivity index (χ4n) is 1.88. The summed E-state index contributed by atoms with van der Waals surface area (Å²) in [5.41, 5.74) is 5.82. The standard InChI is InChI=1S/C10H22N2O/c1-3-13-8(2)7-12-10-5-4-9(11)6-10/h8-10,12H,3-7,11H2,1-2H3. The van der Waals surface area contributed by atoms with Gasteiger partial charge in [-0.25, -0.2) is 0 Å². The van der Waals surface area contributed by atoms with Crippen molar-refractivity contribution in [1.82, 2.24) is 5.32 Å². The summed E-state index contributed by atoms with van der Waals surface area (Å²) in [6, 6.07) is 1.04. The molecule has 3 heteroatoms. The molecule has 1 aliphatic carbocycles. The number of hydrogen-bond acceptors (Lipinski definition) is 3. The molecule has 0 aliphatic heterocycles. The van der Waals surface area contributed by atoms with E-state index in [2.05, 4.69) is 12.2 Å². The van der Waals surface area contributed by atoms with Crippen molar-refractivity contribution in [1.29, 1.82) is 0 Å². The molecule has 13 heavy (non-hydrogen) atoms. The van der Waals surface area contributed by atoms with Crippen LogP contribution in [0.2, 0.25) is 0 Å². The van der Waals surface area contributed by atoms with Crippen molar-refractivity contribution in [3.63, 3.8) is 0 Å². The summed E-state index contributed by atoms with van der Waals surface area (Å²) in [7, 11) is 0. The van der Waals surface area contributed by atoms with Gasteiger partial charge < -0.3 is 15.8 Å². The summed E-state index contributed by atoms with van der Waals surface area (Å²) in [5, 5.41) is 3.49. The molecule has 1 fully saturated rings. The Morgan fingerprint density at radius 2 is 2.31 bits per heavy atom. The Balaban J connectivity index is 2.05. The van der Waals surface area contributed by atoms with Crippen molar-refractivity contribution < 1.29 is 4.74 Å². The second-order valence-electron chi connectivity index (χ2n) is 3.94. The van der Waals surface area contributed by atoms with Crippen LogP contribution in [-0.2, 0) is 4.74 Å². The van der Waals surface area contributed by atoms with Crippen LogP contribution in [-0.4, -0.2) is 31.3 Å². The van der Waals surface area contributed by atoms with E-state index in [1.807, 2.05) is 6.92 Å². The smallest absolute Gasteiger partial charge is 0.0671 e. The van der Waals surface area contributed by atoms with Gasteiger partial charge in [-0.3, -0.25) is 0 Å². The first-order valence-corrected chi connectivity index (χ1v) is 5.33. The average Bonchev–Trinajstić information content (AvgIpc) is 2.49. The van der Waals surface area contributed by atoms with Crippen LogP contribution in [0.15, 0.2) is 0 Å². The van der Waals surface area contributed by atoms with Crippen LogP contribution in [0.3, 0.4) is 0 Å². The van der Waals surface area contributed by atoms with Gasteiger partial charge in [-0.2, -0.15) is 0 Å². The summed E-state index contributed by atoms with van der Waals surface area (Å²) < 4.78 is 5.43. The van der Waals surface area contributed by atoms with Gasteiger partial charge >= 0.3 is 0 Å². The molecule has 0 radical (unpaired) electrons. The van der Waals surface area contributed by atoms with Crippen molar-refractivity contribution >= 4 is 0 Å². The van der Waals surface area contributed by atoms with Gasteiger partial charge in [0.1, 0.15) is 0 Å². The minimum atomic E-state index is 0.321. The Kier molecular flexibility index (Phi) is 4.70. The van der Waals surface area contributed by atoms with Crippen LogP contribution < -0.4 is 11.1 Å². The normalized spacial score (nSPS) is 30.7. The average molecular weight is 186 g/mol. The number of nitrogens with one attached hydrogen (secondary N) is 1. The third kappa shape index (κ3) is 4.07. The zero-order valence-electron chi connectivity index (χ0n) is 8.75. The number of hydrogen-bond donors (Lipinski definition) is 2. The van der Waals surface area contributed by atoms with Crippen LogP contribution in [0.5, 0.6) is 0 Å². The SMILES string of the molecule is CCOC(C)CNC1CCC(N)C1. The molecule has 1 rings (SSSR count). The van der Waals surface area contributed by atoms with E-state index < -0.39 is 0 Å². The summed E-state index contributed by atoms with van der Waals surface area (Å²) in [6.45, 7) is 5.88. The van der Waals surface area contributed by atoms with E-state index in [1.165, 1.54) is 12.8 Å². The van der Waals surface area contributed by atoms with Crippen LogP contribution >= 0.6 is 0 Å². The Bertz CT molecular complexity index is 141. The molecule has 0 spiro atoms. The molecule has 1 aliphatic rings. The zero-order valence-corrected chi connectivity index (χ0v) is 8.75. The minimum absolute atomic E-state index is 0.321. The van der Waals surface area contributed by atoms with E-state index in [4.69, 9.17) is 10.5 Å². The van der Waals surface area contributed by atoms with E-state index in [1.54, 1.807) is 0 Å². The summed E-state index contributed by atoms with van der Waals surface area (Å²) >= 11 is 0. The molecule has 0 saturated heterocycles. The zero-order chi connectivity index (χ0) is 9.68. The molecule has 0 aromatic heterocycles. The van der Waals surface area contributed by atoms with Gasteiger partial charge in [0.05, 0.1) is 6.10 Å². The van der Waals surface area contributed by atoms with Gasteiger partial charge in [0.15, 0.2) is 0 Å². The van der Waals surface area contributed by atoms with Gasteiger partial charge in [-0.1, -0.05) is 0 Å². The van der Waals surface area contributed by atoms with E-state index in [0.29, 0.717) is 18.2 Å². The fourth-order valence-corrected chi connectivity index (χ4v) is 1.88. The molecule has 3 N–H and O–H groups in total. The molecule has 78 valence electrons. The molecule has 3 unspecified atom stereocenters. The lowest BCUT2D eigenvalue weighted by Crippen LogP contribution is -2.34. The highest BCUT2D eigenvalue weighted by atomic mass is 16.5. The Labute approximate surface area is 81.0 Å². The van der Waals surface area contributed by atoms with Crippen molar-refractivity contribution in [3.8, 4) is 0 Å². The number of ether oxygens (including phenoxy) is 1. The predicted octanol–water partition coefficient (Wildman–Crippen LogP) is 0.881. The minimum Gasteiger partial charge on any atom is -0.377 e. The maximum atomic E-state index is 5.82. The third-order valence-electron chi connectivity index (χ3n) is 2.62. The van der Waals surface area contributed by atoms with E-state index in [-0.39, 0.29) is 0 Å². The number of rotatable bonds is 5. The lowest BCUT2D eigenvalue weighted by atomic mass is 10.2. The largest absolute Gasteiger partial charge is 0.377 e. The topological polar surface area (TPSA) is 47.3 Å². The molecule has 0 aromatic carbocycles. The monoisotopic (exact) mass is 186 g/mol. The van der Waals surface area contributed by atoms with Crippen LogP contribution in [0.4, 0.5) is 0 Å². The second kappa shape index (κ2) is 5.58. The summed E-state index contributed by atoms with van der Waals surface area (Å²) in [4.78, 5) is 0. The maximum absolute atomic E-state index is 5.82. The lowest BCUT2D eigenvalue weighted by Gasteiger charge is -2.16. The van der Waals surface area contributed by atoms with Crippen LogP contribution in [0.1, 0.15) is 33.1 Å². The quantitative estimate of drug-likeness (QED) is 0.670. The van der Waals surface area contributed by atoms with Crippen molar-refractivity contribution in [3.05, 3.63) is 0 Å². The van der Waals surface area contributed by atoms with E-state index >= 15 is 0 Å². The number of nitrogens with two attached hydrogens (primary N) is 1. The van der Waals surface area contributed by atoms with E-state index in [0.717, 1.165) is 19.6 Å². The van der Waals surface area contributed by atoms with Gasteiger partial charge in [0.25, 0.3) is 0 Å². The molecule has 3 nitrogen and oxygen atoms in total. The highest BCUT2D eigenvalue weighted by Gasteiger charge is 2.21. The van der Waals surface area contributed by atoms with Gasteiger partial charge in [0, 0.05) is 25.2 Å². The highest BCUT2D eigenvalue weighted by Crippen LogP contribution is 2.16. The van der Waals surface area contributed by atoms with Gasteiger partial charge in [-0.05, 0) is 33.1 Å². The van der Waals surface area contributed by atoms with E-state index in [9.17, 15) is 0 Å². The van der Waals surface area contributed by atoms with Gasteiger partial charge in [-0.15, -0.1) is 0 Å². The molecule has 0 amide bonds. The van der Waals surface area contributed by atoms with Crippen molar-refractivity contribution in [2.45, 2.75) is 51.3 Å². The predicted molar refractivity (Wildman–Crippen MR) is 54.7 cm³/mol. The lowest BCUT2D eigenvalue weighted by molar-refractivity contribution is 0.0740. The van der Waals surface area contributed by atoms with Crippen molar-refractivity contribution in [2.75, 3.05) is 13.2 Å². The molecule has 0 bridgehead atoms. The highest BCUT2D eigenvalue weighted by molar-refractivity contribution is 4.82. The maximum Gasteiger partial charge on any atom is 0.0671 e. The molecule has 0 heterocycles. The van der Waals surface area contributed by atoms with Crippen molar-refractivity contribution in [2.24, 2.45) is 5.73 Å². The molecule has 1 saturated carbocycles.